The maximum Gasteiger partial charge on any atom is 0.265 e. The van der Waals surface area contributed by atoms with Crippen LogP contribution in [-0.2, 0) is 10.0 Å². The highest BCUT2D eigenvalue weighted by Gasteiger charge is 2.25. The number of methoxy groups -OCH3 is 1. The van der Waals surface area contributed by atoms with Crippen LogP contribution in [-0.4, -0.2) is 91.5 Å². The van der Waals surface area contributed by atoms with Gasteiger partial charge in [0.1, 0.15) is 10.6 Å². The molecule has 0 atom stereocenters. The van der Waals surface area contributed by atoms with Gasteiger partial charge < -0.3 is 24.3 Å². The summed E-state index contributed by atoms with van der Waals surface area (Å²) in [5.41, 5.74) is 4.64. The van der Waals surface area contributed by atoms with Crippen molar-refractivity contribution in [2.24, 2.45) is 0 Å². The maximum absolute atomic E-state index is 13.7. The van der Waals surface area contributed by atoms with E-state index >= 15 is 0 Å². The number of nitrogens with one attached hydrogen (secondary N) is 1. The molecule has 0 radical (unpaired) electrons. The number of carbonyl (C=O) groups is 2. The zero-order chi connectivity index (χ0) is 33.0. The quantitative estimate of drug-likeness (QED) is 0.278. The Morgan fingerprint density at radius 1 is 0.783 bits per heavy atom. The molecular weight excluding hydrogens is 602 g/mol. The van der Waals surface area contributed by atoms with Gasteiger partial charge in [0, 0.05) is 71.3 Å². The summed E-state index contributed by atoms with van der Waals surface area (Å²) in [7, 11) is 4.57. The zero-order valence-electron chi connectivity index (χ0n) is 26.7. The molecule has 0 saturated carbocycles. The lowest BCUT2D eigenvalue weighted by Gasteiger charge is -2.36. The summed E-state index contributed by atoms with van der Waals surface area (Å²) in [5, 5.41) is 0. The number of piperazine rings is 1. The van der Waals surface area contributed by atoms with Crippen LogP contribution in [0.5, 0.6) is 5.75 Å². The molecule has 4 aromatic rings. The summed E-state index contributed by atoms with van der Waals surface area (Å²) in [4.78, 5) is 33.3. The van der Waals surface area contributed by atoms with Crippen LogP contribution in [0.15, 0.2) is 95.9 Å². The van der Waals surface area contributed by atoms with Crippen molar-refractivity contribution in [3.63, 3.8) is 0 Å². The molecule has 1 N–H and O–H groups in total. The molecule has 2 amide bonds. The second-order valence-corrected chi connectivity index (χ2v) is 13.1. The third-order valence-corrected chi connectivity index (χ3v) is 9.35. The van der Waals surface area contributed by atoms with Gasteiger partial charge in [0.2, 0.25) is 0 Å². The van der Waals surface area contributed by atoms with Gasteiger partial charge in [0.15, 0.2) is 0 Å². The lowest BCUT2D eigenvalue weighted by atomic mass is 10.0. The number of anilines is 3. The van der Waals surface area contributed by atoms with E-state index in [0.29, 0.717) is 54.1 Å². The monoisotopic (exact) mass is 641 g/mol. The number of hydrogen-bond acceptors (Lipinski definition) is 7. The van der Waals surface area contributed by atoms with E-state index in [2.05, 4.69) is 9.62 Å². The third kappa shape index (κ3) is 6.94. The third-order valence-electron chi connectivity index (χ3n) is 7.95. The van der Waals surface area contributed by atoms with Gasteiger partial charge in [-0.25, -0.2) is 8.42 Å². The smallest absolute Gasteiger partial charge is 0.265 e. The minimum Gasteiger partial charge on any atom is -0.495 e. The van der Waals surface area contributed by atoms with E-state index in [9.17, 15) is 18.0 Å². The fourth-order valence-electron chi connectivity index (χ4n) is 5.52. The Kier molecular flexibility index (Phi) is 9.52. The molecule has 0 spiro atoms. The van der Waals surface area contributed by atoms with Crippen LogP contribution < -0.4 is 19.3 Å². The van der Waals surface area contributed by atoms with Gasteiger partial charge in [0.25, 0.3) is 21.8 Å². The van der Waals surface area contributed by atoms with Gasteiger partial charge in [-0.2, -0.15) is 0 Å². The van der Waals surface area contributed by atoms with E-state index in [0.717, 1.165) is 11.4 Å². The van der Waals surface area contributed by atoms with Crippen molar-refractivity contribution in [3.05, 3.63) is 102 Å². The van der Waals surface area contributed by atoms with Gasteiger partial charge in [0.05, 0.1) is 18.4 Å². The lowest BCUT2D eigenvalue weighted by molar-refractivity contribution is 0.0746. The average Bonchev–Trinajstić information content (AvgIpc) is 3.07. The Hall–Kier alpha value is -5.03. The standard InChI is InChI=1S/C35H39N5O5S/c1-37(2)31-15-7-6-14-30(31)35(42)40-20-18-39(19-21-40)29-13-9-12-28(24-29)36-46(43,44)33-23-26(16-17-32(33)45-5)25-10-8-11-27(22-25)34(41)38(3)4/h6-17,22-24,36H,18-21H2,1-5H3. The number of hydrogen-bond donors (Lipinski definition) is 1. The van der Waals surface area contributed by atoms with E-state index in [1.54, 1.807) is 68.7 Å². The van der Waals surface area contributed by atoms with Gasteiger partial charge in [-0.05, 0) is 65.7 Å². The van der Waals surface area contributed by atoms with Gasteiger partial charge in [-0.15, -0.1) is 0 Å². The highest BCUT2D eigenvalue weighted by atomic mass is 32.2. The normalized spacial score (nSPS) is 13.2. The van der Waals surface area contributed by atoms with Gasteiger partial charge in [-0.3, -0.25) is 14.3 Å². The molecule has 11 heteroatoms. The number of ether oxygens (including phenoxy) is 1. The minimum atomic E-state index is -4.06. The Balaban J connectivity index is 1.32. The maximum atomic E-state index is 13.7. The minimum absolute atomic E-state index is 0.00216. The second kappa shape index (κ2) is 13.5. The molecule has 1 saturated heterocycles. The topological polar surface area (TPSA) is 102 Å². The van der Waals surface area contributed by atoms with E-state index < -0.39 is 10.0 Å². The van der Waals surface area contributed by atoms with Gasteiger partial charge >= 0.3 is 0 Å². The van der Waals surface area contributed by atoms with Crippen LogP contribution in [0.4, 0.5) is 17.1 Å². The zero-order valence-corrected chi connectivity index (χ0v) is 27.5. The molecule has 4 aromatic carbocycles. The summed E-state index contributed by atoms with van der Waals surface area (Å²) in [5.74, 6) is 0.0506. The molecule has 1 aliphatic heterocycles. The number of nitrogens with zero attached hydrogens (tertiary/aromatic N) is 4. The molecular formula is C35H39N5O5S. The number of benzene rings is 4. The first-order chi connectivity index (χ1) is 22.0. The van der Waals surface area contributed by atoms with E-state index in [1.807, 2.05) is 60.3 Å². The van der Waals surface area contributed by atoms with Crippen LogP contribution in [0.1, 0.15) is 20.7 Å². The molecule has 240 valence electrons. The number of para-hydroxylation sites is 1. The first-order valence-corrected chi connectivity index (χ1v) is 16.4. The van der Waals surface area contributed by atoms with E-state index in [4.69, 9.17) is 4.74 Å². The molecule has 10 nitrogen and oxygen atoms in total. The first kappa shape index (κ1) is 32.4. The van der Waals surface area contributed by atoms with Crippen LogP contribution in [0, 0.1) is 0 Å². The molecule has 1 heterocycles. The van der Waals surface area contributed by atoms with Crippen molar-refractivity contribution in [2.45, 2.75) is 4.90 Å². The van der Waals surface area contributed by atoms with Crippen LogP contribution in [0.25, 0.3) is 11.1 Å². The highest BCUT2D eigenvalue weighted by Crippen LogP contribution is 2.32. The number of carbonyl (C=O) groups excluding carboxylic acids is 2. The molecule has 5 rings (SSSR count). The Labute approximate surface area is 270 Å². The SMILES string of the molecule is COc1ccc(-c2cccc(C(=O)N(C)C)c2)cc1S(=O)(=O)Nc1cccc(N2CCN(C(=O)c3ccccc3N(C)C)CC2)c1. The summed E-state index contributed by atoms with van der Waals surface area (Å²) < 4.78 is 35.6. The predicted octanol–water partition coefficient (Wildman–Crippen LogP) is 4.89. The molecule has 0 aliphatic carbocycles. The van der Waals surface area contributed by atoms with Crippen molar-refractivity contribution in [1.82, 2.24) is 9.80 Å². The Bertz CT molecular complexity index is 1850. The van der Waals surface area contributed by atoms with Crippen LogP contribution in [0.3, 0.4) is 0 Å². The van der Waals surface area contributed by atoms with Crippen molar-refractivity contribution >= 4 is 38.9 Å². The van der Waals surface area contributed by atoms with Crippen molar-refractivity contribution in [1.29, 1.82) is 0 Å². The summed E-state index contributed by atoms with van der Waals surface area (Å²) in [6, 6.07) is 26.8. The summed E-state index contributed by atoms with van der Waals surface area (Å²) >= 11 is 0. The Morgan fingerprint density at radius 3 is 2.17 bits per heavy atom. The largest absolute Gasteiger partial charge is 0.495 e. The lowest BCUT2D eigenvalue weighted by Crippen LogP contribution is -2.49. The second-order valence-electron chi connectivity index (χ2n) is 11.5. The highest BCUT2D eigenvalue weighted by molar-refractivity contribution is 7.92. The number of rotatable bonds is 9. The average molecular weight is 642 g/mol. The molecule has 0 unspecified atom stereocenters. The molecule has 1 fully saturated rings. The fraction of sp³-hybridized carbons (Fsp3) is 0.257. The predicted molar refractivity (Wildman–Crippen MR) is 183 cm³/mol. The number of amides is 2. The first-order valence-electron chi connectivity index (χ1n) is 14.9. The van der Waals surface area contributed by atoms with E-state index in [1.165, 1.54) is 12.0 Å². The van der Waals surface area contributed by atoms with Crippen LogP contribution in [0.2, 0.25) is 0 Å². The Morgan fingerprint density at radius 2 is 1.48 bits per heavy atom. The fourth-order valence-corrected chi connectivity index (χ4v) is 6.76. The summed E-state index contributed by atoms with van der Waals surface area (Å²) in [6.45, 7) is 2.30. The van der Waals surface area contributed by atoms with E-state index in [-0.39, 0.29) is 22.5 Å². The van der Waals surface area contributed by atoms with Crippen molar-refractivity contribution < 1.29 is 22.7 Å². The molecule has 0 bridgehead atoms. The molecule has 1 aliphatic rings. The molecule has 0 aromatic heterocycles. The van der Waals surface area contributed by atoms with Crippen molar-refractivity contribution in [3.8, 4) is 16.9 Å². The van der Waals surface area contributed by atoms with Gasteiger partial charge in [-0.1, -0.05) is 36.4 Å². The van der Waals surface area contributed by atoms with Crippen molar-refractivity contribution in [2.75, 3.05) is 76.0 Å². The summed E-state index contributed by atoms with van der Waals surface area (Å²) in [6.07, 6.45) is 0. The van der Waals surface area contributed by atoms with Crippen LogP contribution >= 0.6 is 0 Å². The molecule has 46 heavy (non-hydrogen) atoms. The number of sulfonamides is 1.